The van der Waals surface area contributed by atoms with Crippen LogP contribution in [0.5, 0.6) is 5.75 Å². The van der Waals surface area contributed by atoms with Gasteiger partial charge in [0.15, 0.2) is 5.16 Å². The van der Waals surface area contributed by atoms with E-state index >= 15 is 0 Å². The van der Waals surface area contributed by atoms with Crippen molar-refractivity contribution < 1.29 is 31.1 Å². The molecule has 14 heteroatoms. The molecule has 0 radical (unpaired) electrons. The Morgan fingerprint density at radius 2 is 1.84 bits per heavy atom. The predicted octanol–water partition coefficient (Wildman–Crippen LogP) is 2.63. The third-order valence-electron chi connectivity index (χ3n) is 3.92. The highest BCUT2D eigenvalue weighted by atomic mass is 32.2. The van der Waals surface area contributed by atoms with Gasteiger partial charge in [0.05, 0.1) is 0 Å². The molecule has 170 valence electrons. The summed E-state index contributed by atoms with van der Waals surface area (Å²) in [6.07, 6.45) is -3.51. The minimum Gasteiger partial charge on any atom is -0.404 e. The van der Waals surface area contributed by atoms with E-state index in [0.717, 1.165) is 22.9 Å². The van der Waals surface area contributed by atoms with Gasteiger partial charge in [-0.05, 0) is 29.8 Å². The summed E-state index contributed by atoms with van der Waals surface area (Å²) in [7, 11) is -2.73. The van der Waals surface area contributed by atoms with Gasteiger partial charge in [-0.15, -0.1) is 28.2 Å². The molecule has 0 aliphatic heterocycles. The van der Waals surface area contributed by atoms with Gasteiger partial charge in [0.2, 0.25) is 0 Å². The molecule has 0 atom stereocenters. The van der Waals surface area contributed by atoms with Gasteiger partial charge < -0.3 is 9.30 Å². The topological polar surface area (TPSA) is 115 Å². The number of hydrogen-bond acceptors (Lipinski definition) is 7. The Kier molecular flexibility index (Phi) is 7.06. The lowest BCUT2D eigenvalue weighted by molar-refractivity contribution is -0.275. The summed E-state index contributed by atoms with van der Waals surface area (Å²) in [5, 5.41) is 8.44. The maximum absolute atomic E-state index is 12.5. The molecule has 3 aromatic rings. The van der Waals surface area contributed by atoms with E-state index in [9.17, 15) is 26.4 Å². The van der Waals surface area contributed by atoms with Crippen molar-refractivity contribution in [3.05, 3.63) is 66.0 Å². The summed E-state index contributed by atoms with van der Waals surface area (Å²) in [6.45, 7) is 0. The Labute approximate surface area is 185 Å². The molecule has 0 spiro atoms. The van der Waals surface area contributed by atoms with Crippen LogP contribution >= 0.6 is 11.8 Å². The van der Waals surface area contributed by atoms with Crippen molar-refractivity contribution in [1.82, 2.24) is 25.0 Å². The first kappa shape index (κ1) is 23.6. The van der Waals surface area contributed by atoms with Gasteiger partial charge in [0, 0.05) is 18.4 Å². The second kappa shape index (κ2) is 9.58. The summed E-state index contributed by atoms with van der Waals surface area (Å²) >= 11 is 1.44. The van der Waals surface area contributed by atoms with Crippen LogP contribution in [-0.4, -0.2) is 35.5 Å². The molecule has 3 rings (SSSR count). The Bertz CT molecular complexity index is 1200. The predicted molar refractivity (Wildman–Crippen MR) is 108 cm³/mol. The summed E-state index contributed by atoms with van der Waals surface area (Å²) in [5.74, 6) is -1.15. The normalized spacial score (nSPS) is 11.9. The minimum atomic E-state index is -5.08. The maximum atomic E-state index is 12.5. The number of sulfonamides is 1. The van der Waals surface area contributed by atoms with E-state index in [2.05, 4.69) is 14.9 Å². The molecule has 0 saturated heterocycles. The number of nitrogens with zero attached hydrogens (tertiary/aromatic N) is 3. The van der Waals surface area contributed by atoms with Crippen molar-refractivity contribution in [2.45, 2.75) is 22.2 Å². The number of benzene rings is 2. The molecular weight excluding hydrogens is 471 g/mol. The number of ether oxygens (including phenoxy) is 1. The minimum absolute atomic E-state index is 0.139. The lowest BCUT2D eigenvalue weighted by Gasteiger charge is -2.14. The number of carbonyl (C=O) groups is 1. The molecule has 32 heavy (non-hydrogen) atoms. The van der Waals surface area contributed by atoms with Crippen molar-refractivity contribution in [1.29, 1.82) is 0 Å². The fourth-order valence-electron chi connectivity index (χ4n) is 2.43. The number of aromatic nitrogens is 3. The highest BCUT2D eigenvalue weighted by Crippen LogP contribution is 2.29. The van der Waals surface area contributed by atoms with E-state index in [1.54, 1.807) is 27.9 Å². The molecule has 0 fully saturated rings. The lowest BCUT2D eigenvalue weighted by atomic mass is 10.1. The van der Waals surface area contributed by atoms with Crippen molar-refractivity contribution in [3.8, 4) is 5.75 Å². The summed E-state index contributed by atoms with van der Waals surface area (Å²) in [4.78, 5) is 13.2. The highest BCUT2D eigenvalue weighted by Gasteiger charge is 2.34. The summed E-state index contributed by atoms with van der Waals surface area (Å²) in [5.41, 5.74) is 2.99. The number of nitrogens with one attached hydrogen (secondary N) is 2. The number of halogens is 3. The first-order valence-electron chi connectivity index (χ1n) is 8.78. The molecule has 0 aliphatic carbocycles. The fourth-order valence-corrected chi connectivity index (χ4v) is 4.24. The molecule has 9 nitrogen and oxygen atoms in total. The van der Waals surface area contributed by atoms with Crippen LogP contribution in [0.1, 0.15) is 15.9 Å². The molecule has 0 unspecified atom stereocenters. The first-order valence-corrected chi connectivity index (χ1v) is 11.2. The number of alkyl halides is 3. The smallest absolute Gasteiger partial charge is 0.404 e. The largest absolute Gasteiger partial charge is 0.573 e. The number of para-hydroxylation sites is 1. The van der Waals surface area contributed by atoms with Crippen LogP contribution in [0.2, 0.25) is 0 Å². The van der Waals surface area contributed by atoms with Crippen LogP contribution in [-0.2, 0) is 22.8 Å². The van der Waals surface area contributed by atoms with E-state index in [4.69, 9.17) is 0 Å². The molecule has 2 aromatic carbocycles. The molecule has 0 bridgehead atoms. The van der Waals surface area contributed by atoms with Crippen LogP contribution in [0.4, 0.5) is 13.2 Å². The van der Waals surface area contributed by atoms with Crippen LogP contribution in [0.3, 0.4) is 0 Å². The fraction of sp³-hybridized carbons (Fsp3) is 0.167. The van der Waals surface area contributed by atoms with Gasteiger partial charge in [0.1, 0.15) is 17.0 Å². The maximum Gasteiger partial charge on any atom is 0.573 e. The van der Waals surface area contributed by atoms with Gasteiger partial charge in [-0.2, -0.15) is 0 Å². The van der Waals surface area contributed by atoms with E-state index in [0.29, 0.717) is 5.75 Å². The second-order valence-electron chi connectivity index (χ2n) is 6.26. The van der Waals surface area contributed by atoms with Crippen LogP contribution in [0, 0.1) is 0 Å². The third kappa shape index (κ3) is 6.21. The molecule has 0 saturated carbocycles. The Hall–Kier alpha value is -3.10. The molecule has 1 heterocycles. The second-order valence-corrected chi connectivity index (χ2v) is 8.86. The van der Waals surface area contributed by atoms with Crippen molar-refractivity contribution >= 4 is 27.7 Å². The first-order chi connectivity index (χ1) is 15.0. The van der Waals surface area contributed by atoms with Gasteiger partial charge >= 0.3 is 6.36 Å². The van der Waals surface area contributed by atoms with E-state index in [-0.39, 0.29) is 5.56 Å². The van der Waals surface area contributed by atoms with Gasteiger partial charge in [-0.25, -0.2) is 8.42 Å². The zero-order valence-corrected chi connectivity index (χ0v) is 18.0. The highest BCUT2D eigenvalue weighted by molar-refractivity contribution is 7.98. The Balaban J connectivity index is 1.62. The Morgan fingerprint density at radius 3 is 2.47 bits per heavy atom. The molecule has 2 N–H and O–H groups in total. The zero-order valence-electron chi connectivity index (χ0n) is 16.3. The van der Waals surface area contributed by atoms with Gasteiger partial charge in [-0.1, -0.05) is 36.0 Å². The average molecular weight is 487 g/mol. The van der Waals surface area contributed by atoms with E-state index < -0.39 is 32.9 Å². The third-order valence-corrected chi connectivity index (χ3v) is 6.31. The average Bonchev–Trinajstić information content (AvgIpc) is 3.15. The van der Waals surface area contributed by atoms with Gasteiger partial charge in [-0.3, -0.25) is 10.2 Å². The van der Waals surface area contributed by atoms with Crippen molar-refractivity contribution in [3.63, 3.8) is 0 Å². The quantitative estimate of drug-likeness (QED) is 0.371. The SMILES string of the molecule is Cn1cnnc1SCc1ccc(C(=O)NNS(=O)(=O)c2ccccc2OC(F)(F)F)cc1. The molecule has 1 amide bonds. The van der Waals surface area contributed by atoms with E-state index in [1.165, 1.54) is 36.0 Å². The summed E-state index contributed by atoms with van der Waals surface area (Å²) < 4.78 is 67.8. The van der Waals surface area contributed by atoms with E-state index in [1.807, 2.05) is 12.5 Å². The number of hydrazine groups is 1. The molecule has 0 aliphatic rings. The molecular formula is C18H16F3N5O4S2. The van der Waals surface area contributed by atoms with Crippen molar-refractivity contribution in [2.75, 3.05) is 0 Å². The monoisotopic (exact) mass is 487 g/mol. The number of carbonyl (C=O) groups excluding carboxylic acids is 1. The standard InChI is InChI=1S/C18H16F3N5O4S2/c1-26-11-22-24-17(26)31-10-12-6-8-13(9-7-12)16(27)23-25-32(28,29)15-5-3-2-4-14(15)30-18(19,20)21/h2-9,11,25H,10H2,1H3,(H,23,27). The zero-order chi connectivity index (χ0) is 23.4. The number of rotatable bonds is 8. The number of thioether (sulfide) groups is 1. The van der Waals surface area contributed by atoms with Gasteiger partial charge in [0.25, 0.3) is 15.9 Å². The summed E-state index contributed by atoms with van der Waals surface area (Å²) in [6, 6.07) is 10.5. The molecule has 1 aromatic heterocycles. The van der Waals surface area contributed by atoms with Crippen molar-refractivity contribution in [2.24, 2.45) is 7.05 Å². The van der Waals surface area contributed by atoms with Crippen LogP contribution in [0.25, 0.3) is 0 Å². The van der Waals surface area contributed by atoms with Crippen LogP contribution < -0.4 is 15.0 Å². The number of aryl methyl sites for hydroxylation is 1. The number of hydrogen-bond donors (Lipinski definition) is 2. The lowest BCUT2D eigenvalue weighted by Crippen LogP contribution is -2.41. The number of amides is 1. The Morgan fingerprint density at radius 1 is 1.16 bits per heavy atom. The van der Waals surface area contributed by atoms with Crippen LogP contribution in [0.15, 0.2) is 64.9 Å².